The molecule has 6 nitrogen and oxygen atoms in total. The van der Waals surface area contributed by atoms with E-state index in [-0.39, 0.29) is 24.8 Å². The first-order valence-corrected chi connectivity index (χ1v) is 5.16. The summed E-state index contributed by atoms with van der Waals surface area (Å²) in [4.78, 5) is 14.3. The van der Waals surface area contributed by atoms with Crippen LogP contribution in [0.4, 0.5) is 4.39 Å². The van der Waals surface area contributed by atoms with Crippen molar-refractivity contribution in [2.75, 3.05) is 6.54 Å². The standard InChI is InChI=1S/C11H10FN3O3/c12-8-3-1-7(2-4-8)11-14-9(18-15-11)5-13-6-10(16)17/h1-4,13H,5-6H2,(H,16,17). The van der Waals surface area contributed by atoms with Crippen LogP contribution in [0.2, 0.25) is 0 Å². The number of hydrogen-bond acceptors (Lipinski definition) is 5. The summed E-state index contributed by atoms with van der Waals surface area (Å²) in [6.07, 6.45) is 0. The molecule has 0 atom stereocenters. The van der Waals surface area contributed by atoms with Crippen LogP contribution >= 0.6 is 0 Å². The number of aromatic nitrogens is 2. The number of halogens is 1. The Balaban J connectivity index is 2.01. The molecule has 0 saturated heterocycles. The highest BCUT2D eigenvalue weighted by Gasteiger charge is 2.08. The van der Waals surface area contributed by atoms with Crippen LogP contribution < -0.4 is 5.32 Å². The molecule has 1 heterocycles. The van der Waals surface area contributed by atoms with Crippen molar-refractivity contribution < 1.29 is 18.8 Å². The van der Waals surface area contributed by atoms with Gasteiger partial charge in [0.2, 0.25) is 11.7 Å². The number of benzene rings is 1. The summed E-state index contributed by atoms with van der Waals surface area (Å²) in [7, 11) is 0. The highest BCUT2D eigenvalue weighted by molar-refractivity contribution is 5.68. The van der Waals surface area contributed by atoms with E-state index in [0.717, 1.165) is 0 Å². The molecule has 0 aliphatic rings. The van der Waals surface area contributed by atoms with Gasteiger partial charge in [-0.25, -0.2) is 4.39 Å². The third kappa shape index (κ3) is 3.11. The first-order valence-electron chi connectivity index (χ1n) is 5.16. The van der Waals surface area contributed by atoms with Crippen molar-refractivity contribution in [3.05, 3.63) is 36.0 Å². The molecule has 2 N–H and O–H groups in total. The molecule has 0 saturated carbocycles. The number of rotatable bonds is 5. The lowest BCUT2D eigenvalue weighted by Crippen LogP contribution is -2.21. The molecule has 0 bridgehead atoms. The Morgan fingerprint density at radius 3 is 2.78 bits per heavy atom. The van der Waals surface area contributed by atoms with Crippen LogP contribution in [0.1, 0.15) is 5.89 Å². The van der Waals surface area contributed by atoms with Gasteiger partial charge in [0.25, 0.3) is 0 Å². The predicted molar refractivity (Wildman–Crippen MR) is 59.0 cm³/mol. The first-order chi connectivity index (χ1) is 8.65. The molecule has 7 heteroatoms. The first kappa shape index (κ1) is 12.2. The molecule has 0 unspecified atom stereocenters. The molecule has 2 rings (SSSR count). The Hall–Kier alpha value is -2.28. The Labute approximate surface area is 101 Å². The van der Waals surface area contributed by atoms with Crippen LogP contribution in [0.15, 0.2) is 28.8 Å². The minimum absolute atomic E-state index is 0.167. The van der Waals surface area contributed by atoms with Gasteiger partial charge in [-0.2, -0.15) is 4.98 Å². The van der Waals surface area contributed by atoms with E-state index in [9.17, 15) is 9.18 Å². The minimum Gasteiger partial charge on any atom is -0.480 e. The maximum Gasteiger partial charge on any atom is 0.317 e. The molecule has 0 aliphatic carbocycles. The fourth-order valence-electron chi connectivity index (χ4n) is 1.32. The molecule has 0 spiro atoms. The normalized spacial score (nSPS) is 10.5. The third-order valence-electron chi connectivity index (χ3n) is 2.12. The zero-order valence-corrected chi connectivity index (χ0v) is 9.26. The van der Waals surface area contributed by atoms with Gasteiger partial charge in [0.15, 0.2) is 0 Å². The van der Waals surface area contributed by atoms with Crippen LogP contribution in [-0.2, 0) is 11.3 Å². The maximum atomic E-state index is 12.7. The molecule has 18 heavy (non-hydrogen) atoms. The smallest absolute Gasteiger partial charge is 0.317 e. The number of nitrogens with one attached hydrogen (secondary N) is 1. The lowest BCUT2D eigenvalue weighted by molar-refractivity contribution is -0.136. The Kier molecular flexibility index (Phi) is 3.63. The van der Waals surface area contributed by atoms with Gasteiger partial charge in [0.1, 0.15) is 5.82 Å². The van der Waals surface area contributed by atoms with E-state index in [2.05, 4.69) is 15.5 Å². The summed E-state index contributed by atoms with van der Waals surface area (Å²) < 4.78 is 17.6. The fraction of sp³-hybridized carbons (Fsp3) is 0.182. The van der Waals surface area contributed by atoms with Crippen molar-refractivity contribution in [2.24, 2.45) is 0 Å². The molecule has 94 valence electrons. The highest BCUT2D eigenvalue weighted by Crippen LogP contribution is 2.15. The molecular weight excluding hydrogens is 241 g/mol. The van der Waals surface area contributed by atoms with Crippen LogP contribution in [0.3, 0.4) is 0 Å². The number of carboxylic acid groups (broad SMARTS) is 1. The van der Waals surface area contributed by atoms with Gasteiger partial charge < -0.3 is 9.63 Å². The summed E-state index contributed by atoms with van der Waals surface area (Å²) in [5.41, 5.74) is 0.629. The Bertz CT molecular complexity index is 539. The van der Waals surface area contributed by atoms with Crippen molar-refractivity contribution in [1.82, 2.24) is 15.5 Å². The van der Waals surface area contributed by atoms with Crippen LogP contribution in [-0.4, -0.2) is 27.8 Å². The van der Waals surface area contributed by atoms with Crippen molar-refractivity contribution in [2.45, 2.75) is 6.54 Å². The molecule has 0 radical (unpaired) electrons. The van der Waals surface area contributed by atoms with E-state index in [1.54, 1.807) is 0 Å². The lowest BCUT2D eigenvalue weighted by Gasteiger charge is -1.95. The van der Waals surface area contributed by atoms with Crippen molar-refractivity contribution >= 4 is 5.97 Å². The average molecular weight is 251 g/mol. The van der Waals surface area contributed by atoms with Gasteiger partial charge in [-0.15, -0.1) is 0 Å². The van der Waals surface area contributed by atoms with Gasteiger partial charge in [-0.1, -0.05) is 5.16 Å². The molecule has 1 aromatic carbocycles. The second-order valence-electron chi connectivity index (χ2n) is 3.52. The zero-order valence-electron chi connectivity index (χ0n) is 9.26. The topological polar surface area (TPSA) is 88.2 Å². The quantitative estimate of drug-likeness (QED) is 0.825. The second-order valence-corrected chi connectivity index (χ2v) is 3.52. The largest absolute Gasteiger partial charge is 0.480 e. The van der Waals surface area contributed by atoms with Crippen LogP contribution in [0, 0.1) is 5.82 Å². The number of nitrogens with zero attached hydrogens (tertiary/aromatic N) is 2. The van der Waals surface area contributed by atoms with Crippen molar-refractivity contribution in [3.63, 3.8) is 0 Å². The van der Waals surface area contributed by atoms with Gasteiger partial charge in [-0.3, -0.25) is 10.1 Å². The monoisotopic (exact) mass is 251 g/mol. The summed E-state index contributed by atoms with van der Waals surface area (Å²) in [6.45, 7) is -0.0191. The van der Waals surface area contributed by atoms with E-state index in [4.69, 9.17) is 9.63 Å². The van der Waals surface area contributed by atoms with Gasteiger partial charge in [-0.05, 0) is 24.3 Å². The van der Waals surface area contributed by atoms with E-state index in [1.165, 1.54) is 24.3 Å². The number of hydrogen-bond donors (Lipinski definition) is 2. The predicted octanol–water partition coefficient (Wildman–Crippen LogP) is 1.05. The molecule has 0 aliphatic heterocycles. The summed E-state index contributed by atoms with van der Waals surface area (Å²) in [5.74, 6) is -0.698. The molecule has 0 fully saturated rings. The van der Waals surface area contributed by atoms with Gasteiger partial charge >= 0.3 is 5.97 Å². The summed E-state index contributed by atoms with van der Waals surface area (Å²) >= 11 is 0. The third-order valence-corrected chi connectivity index (χ3v) is 2.12. The number of aliphatic carboxylic acids is 1. The number of carbonyl (C=O) groups is 1. The highest BCUT2D eigenvalue weighted by atomic mass is 19.1. The van der Waals surface area contributed by atoms with E-state index in [0.29, 0.717) is 11.4 Å². The van der Waals surface area contributed by atoms with E-state index >= 15 is 0 Å². The van der Waals surface area contributed by atoms with Crippen LogP contribution in [0.5, 0.6) is 0 Å². The van der Waals surface area contributed by atoms with Crippen LogP contribution in [0.25, 0.3) is 11.4 Å². The van der Waals surface area contributed by atoms with Gasteiger partial charge in [0.05, 0.1) is 13.1 Å². The minimum atomic E-state index is -0.965. The Morgan fingerprint density at radius 2 is 2.11 bits per heavy atom. The molecule has 2 aromatic rings. The second kappa shape index (κ2) is 5.37. The molecule has 1 aromatic heterocycles. The zero-order chi connectivity index (χ0) is 13.0. The SMILES string of the molecule is O=C(O)CNCc1nc(-c2ccc(F)cc2)no1. The summed E-state index contributed by atoms with van der Waals surface area (Å²) in [5, 5.41) is 14.8. The molecule has 0 amide bonds. The summed E-state index contributed by atoms with van der Waals surface area (Å²) in [6, 6.07) is 5.67. The van der Waals surface area contributed by atoms with E-state index in [1.807, 2.05) is 0 Å². The van der Waals surface area contributed by atoms with Gasteiger partial charge in [0, 0.05) is 5.56 Å². The fourth-order valence-corrected chi connectivity index (χ4v) is 1.32. The van der Waals surface area contributed by atoms with Crippen molar-refractivity contribution in [1.29, 1.82) is 0 Å². The number of carboxylic acids is 1. The molecular formula is C11H10FN3O3. The maximum absolute atomic E-state index is 12.7. The Morgan fingerprint density at radius 1 is 1.39 bits per heavy atom. The average Bonchev–Trinajstić information content (AvgIpc) is 2.78. The van der Waals surface area contributed by atoms with E-state index < -0.39 is 5.97 Å². The lowest BCUT2D eigenvalue weighted by atomic mass is 10.2. The van der Waals surface area contributed by atoms with Crippen molar-refractivity contribution in [3.8, 4) is 11.4 Å².